The van der Waals surface area contributed by atoms with Gasteiger partial charge in [0.1, 0.15) is 30.2 Å². The summed E-state index contributed by atoms with van der Waals surface area (Å²) in [4.78, 5) is 14.5. The van der Waals surface area contributed by atoms with E-state index in [0.717, 1.165) is 0 Å². The van der Waals surface area contributed by atoms with Crippen molar-refractivity contribution in [2.24, 2.45) is 5.11 Å². The van der Waals surface area contributed by atoms with Crippen LogP contribution in [0.4, 0.5) is 5.82 Å². The van der Waals surface area contributed by atoms with Crippen LogP contribution in [0.1, 0.15) is 6.23 Å². The molecule has 0 saturated carbocycles. The van der Waals surface area contributed by atoms with E-state index in [1.54, 1.807) is 0 Å². The Labute approximate surface area is 117 Å². The molecule has 11 nitrogen and oxygen atoms in total. The number of imidazole rings is 1. The molecule has 1 aliphatic rings. The molecule has 0 amide bonds. The fourth-order valence-electron chi connectivity index (χ4n) is 2.25. The summed E-state index contributed by atoms with van der Waals surface area (Å²) >= 11 is 0. The molecule has 0 spiro atoms. The molecule has 0 radical (unpaired) electrons. The molecule has 1 fully saturated rings. The normalized spacial score (nSPS) is 28.7. The van der Waals surface area contributed by atoms with Gasteiger partial charge in [-0.1, -0.05) is 0 Å². The largest absolute Gasteiger partial charge is 0.394 e. The third-order valence-corrected chi connectivity index (χ3v) is 3.27. The molecule has 1 unspecified atom stereocenters. The highest BCUT2D eigenvalue weighted by atomic mass is 16.6. The molecule has 3 rings (SSSR count). The summed E-state index contributed by atoms with van der Waals surface area (Å²) < 4.78 is 6.78. The fraction of sp³-hybridized carbons (Fsp3) is 0.500. The standard InChI is InChI=1S/C10H11N7O4/c11-16-15-8-5-9(13-2-12-8)17(3-14-5)10-7(20)6(19)4(1-18)21-10/h2-4,6-7,10,18-20H,1H2/t4-,6-,7+,10?/m1/s1. The first kappa shape index (κ1) is 13.7. The lowest BCUT2D eigenvalue weighted by atomic mass is 10.1. The summed E-state index contributed by atoms with van der Waals surface area (Å²) in [6.45, 7) is -0.430. The average molecular weight is 293 g/mol. The Balaban J connectivity index is 2.06. The lowest BCUT2D eigenvalue weighted by molar-refractivity contribution is -0.0511. The Morgan fingerprint density at radius 2 is 2.14 bits per heavy atom. The molecule has 1 saturated heterocycles. The first-order valence-electron chi connectivity index (χ1n) is 6.02. The number of hydrogen-bond acceptors (Lipinski definition) is 8. The van der Waals surface area contributed by atoms with Crippen LogP contribution < -0.4 is 0 Å². The van der Waals surface area contributed by atoms with Crippen LogP contribution in [0.25, 0.3) is 21.6 Å². The van der Waals surface area contributed by atoms with E-state index >= 15 is 0 Å². The Morgan fingerprint density at radius 1 is 1.33 bits per heavy atom. The number of hydrogen-bond donors (Lipinski definition) is 3. The predicted octanol–water partition coefficient (Wildman–Crippen LogP) is -0.620. The van der Waals surface area contributed by atoms with Crippen LogP contribution >= 0.6 is 0 Å². The summed E-state index contributed by atoms with van der Waals surface area (Å²) in [5.74, 6) is 0.0491. The van der Waals surface area contributed by atoms with Crippen molar-refractivity contribution in [2.75, 3.05) is 6.61 Å². The zero-order chi connectivity index (χ0) is 15.0. The maximum Gasteiger partial charge on any atom is 0.165 e. The monoisotopic (exact) mass is 293 g/mol. The second-order valence-electron chi connectivity index (χ2n) is 4.44. The van der Waals surface area contributed by atoms with Crippen molar-refractivity contribution in [3.05, 3.63) is 23.1 Å². The lowest BCUT2D eigenvalue weighted by Crippen LogP contribution is -2.33. The number of aliphatic hydroxyl groups excluding tert-OH is 3. The summed E-state index contributed by atoms with van der Waals surface area (Å²) in [6, 6.07) is 0. The van der Waals surface area contributed by atoms with Crippen LogP contribution in [0, 0.1) is 0 Å². The van der Waals surface area contributed by atoms with Crippen LogP contribution in [0.5, 0.6) is 0 Å². The molecule has 2 aromatic rings. The van der Waals surface area contributed by atoms with Gasteiger partial charge in [0.2, 0.25) is 0 Å². The Kier molecular flexibility index (Phi) is 3.41. The van der Waals surface area contributed by atoms with E-state index in [-0.39, 0.29) is 17.0 Å². The van der Waals surface area contributed by atoms with Crippen molar-refractivity contribution < 1.29 is 20.1 Å². The molecule has 2 aromatic heterocycles. The number of aliphatic hydroxyl groups is 3. The molecule has 1 aliphatic heterocycles. The van der Waals surface area contributed by atoms with Crippen LogP contribution in [-0.4, -0.2) is 59.8 Å². The van der Waals surface area contributed by atoms with Crippen molar-refractivity contribution >= 4 is 17.0 Å². The van der Waals surface area contributed by atoms with Gasteiger partial charge in [-0.15, -0.1) is 0 Å². The molecule has 110 valence electrons. The summed E-state index contributed by atoms with van der Waals surface area (Å²) in [6.07, 6.45) is -1.83. The third kappa shape index (κ3) is 2.09. The average Bonchev–Trinajstić information content (AvgIpc) is 3.03. The first-order chi connectivity index (χ1) is 10.2. The van der Waals surface area contributed by atoms with Gasteiger partial charge < -0.3 is 20.1 Å². The van der Waals surface area contributed by atoms with Gasteiger partial charge in [-0.3, -0.25) is 4.57 Å². The van der Waals surface area contributed by atoms with E-state index in [4.69, 9.17) is 15.4 Å². The molecule has 4 atom stereocenters. The third-order valence-electron chi connectivity index (χ3n) is 3.27. The number of ether oxygens (including phenoxy) is 1. The summed E-state index contributed by atoms with van der Waals surface area (Å²) in [5, 5.41) is 32.3. The molecule has 0 aromatic carbocycles. The summed E-state index contributed by atoms with van der Waals surface area (Å²) in [7, 11) is 0. The van der Waals surface area contributed by atoms with Crippen LogP contribution in [0.2, 0.25) is 0 Å². The van der Waals surface area contributed by atoms with Crippen molar-refractivity contribution in [1.82, 2.24) is 19.5 Å². The highest BCUT2D eigenvalue weighted by Gasteiger charge is 2.43. The van der Waals surface area contributed by atoms with Gasteiger partial charge in [0.15, 0.2) is 17.7 Å². The SMILES string of the molecule is [N-]=[N+]=Nc1ncnc2c1ncn2C1O[C@H](CO)[C@@H](O)[C@@H]1O. The minimum Gasteiger partial charge on any atom is -0.394 e. The quantitative estimate of drug-likeness (QED) is 0.385. The lowest BCUT2D eigenvalue weighted by Gasteiger charge is -2.16. The van der Waals surface area contributed by atoms with Crippen LogP contribution in [0.3, 0.4) is 0 Å². The van der Waals surface area contributed by atoms with Gasteiger partial charge in [-0.2, -0.15) is 0 Å². The van der Waals surface area contributed by atoms with Gasteiger partial charge >= 0.3 is 0 Å². The van der Waals surface area contributed by atoms with Crippen LogP contribution in [-0.2, 0) is 4.74 Å². The van der Waals surface area contributed by atoms with Gasteiger partial charge in [0, 0.05) is 4.91 Å². The van der Waals surface area contributed by atoms with Crippen LogP contribution in [0.15, 0.2) is 17.8 Å². The van der Waals surface area contributed by atoms with Gasteiger partial charge in [-0.05, 0) is 10.6 Å². The van der Waals surface area contributed by atoms with Crippen molar-refractivity contribution in [3.63, 3.8) is 0 Å². The summed E-state index contributed by atoms with van der Waals surface area (Å²) in [5.41, 5.74) is 9.00. The molecule has 11 heteroatoms. The molecular weight excluding hydrogens is 282 g/mol. The zero-order valence-corrected chi connectivity index (χ0v) is 10.6. The van der Waals surface area contributed by atoms with E-state index < -0.39 is 31.1 Å². The van der Waals surface area contributed by atoms with Crippen molar-refractivity contribution in [1.29, 1.82) is 0 Å². The number of azide groups is 1. The second kappa shape index (κ2) is 5.24. The number of aromatic nitrogens is 4. The Bertz CT molecular complexity index is 712. The smallest absolute Gasteiger partial charge is 0.165 e. The molecular formula is C10H11N7O4. The predicted molar refractivity (Wildman–Crippen MR) is 67.1 cm³/mol. The second-order valence-corrected chi connectivity index (χ2v) is 4.44. The van der Waals surface area contributed by atoms with E-state index in [2.05, 4.69) is 25.0 Å². The van der Waals surface area contributed by atoms with E-state index in [1.807, 2.05) is 0 Å². The minimum absolute atomic E-state index is 0.0491. The van der Waals surface area contributed by atoms with E-state index in [1.165, 1.54) is 17.2 Å². The van der Waals surface area contributed by atoms with Gasteiger partial charge in [0.05, 0.1) is 12.9 Å². The number of nitrogens with zero attached hydrogens (tertiary/aromatic N) is 7. The molecule has 3 heterocycles. The highest BCUT2D eigenvalue weighted by molar-refractivity contribution is 5.80. The van der Waals surface area contributed by atoms with E-state index in [0.29, 0.717) is 0 Å². The molecule has 3 N–H and O–H groups in total. The maximum absolute atomic E-state index is 10.0. The molecule has 0 bridgehead atoms. The highest BCUT2D eigenvalue weighted by Crippen LogP contribution is 2.32. The Morgan fingerprint density at radius 3 is 2.81 bits per heavy atom. The number of rotatable bonds is 3. The molecule has 0 aliphatic carbocycles. The Hall–Kier alpha value is -2.30. The number of fused-ring (bicyclic) bond motifs is 1. The maximum atomic E-state index is 10.0. The van der Waals surface area contributed by atoms with Crippen molar-refractivity contribution in [3.8, 4) is 0 Å². The van der Waals surface area contributed by atoms with Crippen molar-refractivity contribution in [2.45, 2.75) is 24.5 Å². The minimum atomic E-state index is -1.25. The van der Waals surface area contributed by atoms with Gasteiger partial charge in [-0.25, -0.2) is 15.0 Å². The van der Waals surface area contributed by atoms with E-state index in [9.17, 15) is 10.2 Å². The fourth-order valence-corrected chi connectivity index (χ4v) is 2.25. The first-order valence-corrected chi connectivity index (χ1v) is 6.02. The van der Waals surface area contributed by atoms with Gasteiger partial charge in [0.25, 0.3) is 0 Å². The molecule has 21 heavy (non-hydrogen) atoms. The topological polar surface area (TPSA) is 162 Å². The zero-order valence-electron chi connectivity index (χ0n) is 10.6.